The highest BCUT2D eigenvalue weighted by Crippen LogP contribution is 2.36. The lowest BCUT2D eigenvalue weighted by Crippen LogP contribution is -1.98. The largest absolute Gasteiger partial charge is 0.484 e. The highest BCUT2D eigenvalue weighted by atomic mass is 16.5. The van der Waals surface area contributed by atoms with Crippen LogP contribution in [0.4, 0.5) is 0 Å². The van der Waals surface area contributed by atoms with Crippen LogP contribution in [0.1, 0.15) is 10.4 Å². The molecule has 0 atom stereocenters. The van der Waals surface area contributed by atoms with Crippen molar-refractivity contribution in [3.05, 3.63) is 54.1 Å². The van der Waals surface area contributed by atoms with Crippen LogP contribution in [0.25, 0.3) is 11.1 Å². The van der Waals surface area contributed by atoms with E-state index in [1.807, 2.05) is 48.5 Å². The molecule has 2 nitrogen and oxygen atoms in total. The lowest BCUT2D eigenvalue weighted by molar-refractivity contribution is 0.0961. The zero-order valence-electron chi connectivity index (χ0n) is 8.64. The molecule has 0 unspecified atom stereocenters. The number of ether oxygens (including phenoxy) is 1. The van der Waals surface area contributed by atoms with E-state index in [0.29, 0.717) is 5.56 Å². The Kier molecular flexibility index (Phi) is 2.00. The van der Waals surface area contributed by atoms with Crippen LogP contribution in [-0.4, -0.2) is 12.4 Å². The van der Waals surface area contributed by atoms with Gasteiger partial charge in [0.05, 0.1) is 5.56 Å². The lowest BCUT2D eigenvalue weighted by Gasteiger charge is -2.06. The number of fused-ring (bicyclic) bond motifs is 1. The Bertz CT molecular complexity index is 544. The summed E-state index contributed by atoms with van der Waals surface area (Å²) in [4.78, 5) is 11.5. The predicted octanol–water partition coefficient (Wildman–Crippen LogP) is 2.93. The van der Waals surface area contributed by atoms with Gasteiger partial charge in [-0.1, -0.05) is 42.5 Å². The Balaban J connectivity index is 2.20. The fourth-order valence-electron chi connectivity index (χ4n) is 1.97. The van der Waals surface area contributed by atoms with Gasteiger partial charge in [-0.25, -0.2) is 0 Å². The Morgan fingerprint density at radius 2 is 1.62 bits per heavy atom. The van der Waals surface area contributed by atoms with Gasteiger partial charge in [-0.15, -0.1) is 0 Å². The zero-order chi connectivity index (χ0) is 11.0. The molecule has 2 aromatic carbocycles. The number of benzene rings is 2. The molecule has 0 fully saturated rings. The molecule has 2 aromatic rings. The number of para-hydroxylation sites is 1. The van der Waals surface area contributed by atoms with Crippen molar-refractivity contribution in [2.24, 2.45) is 0 Å². The summed E-state index contributed by atoms with van der Waals surface area (Å²) in [5, 5.41) is 0. The Labute approximate surface area is 93.5 Å². The van der Waals surface area contributed by atoms with E-state index < -0.39 is 0 Å². The normalized spacial score (nSPS) is 13.4. The number of hydrogen-bond acceptors (Lipinski definition) is 2. The highest BCUT2D eigenvalue weighted by molar-refractivity contribution is 6.04. The molecule has 0 aromatic heterocycles. The summed E-state index contributed by atoms with van der Waals surface area (Å²) in [5.74, 6) is 0.784. The minimum Gasteiger partial charge on any atom is -0.484 e. The second kappa shape index (κ2) is 3.49. The molecular weight excluding hydrogens is 200 g/mol. The van der Waals surface area contributed by atoms with Gasteiger partial charge in [0.1, 0.15) is 5.75 Å². The van der Waals surface area contributed by atoms with Gasteiger partial charge in [0.25, 0.3) is 0 Å². The van der Waals surface area contributed by atoms with Crippen LogP contribution in [0, 0.1) is 0 Å². The van der Waals surface area contributed by atoms with E-state index in [2.05, 4.69) is 0 Å². The topological polar surface area (TPSA) is 26.3 Å². The number of rotatable bonds is 1. The molecule has 0 aliphatic carbocycles. The lowest BCUT2D eigenvalue weighted by atomic mass is 10.0. The molecule has 78 valence electrons. The summed E-state index contributed by atoms with van der Waals surface area (Å²) < 4.78 is 5.45. The van der Waals surface area contributed by atoms with Crippen molar-refractivity contribution in [1.29, 1.82) is 0 Å². The van der Waals surface area contributed by atoms with E-state index in [0.717, 1.165) is 16.9 Å². The van der Waals surface area contributed by atoms with E-state index in [-0.39, 0.29) is 12.4 Å². The second-order valence-corrected chi connectivity index (χ2v) is 3.76. The minimum absolute atomic E-state index is 0.0628. The molecule has 0 saturated carbocycles. The van der Waals surface area contributed by atoms with E-state index >= 15 is 0 Å². The summed E-state index contributed by atoms with van der Waals surface area (Å²) >= 11 is 0. The summed E-state index contributed by atoms with van der Waals surface area (Å²) in [6.07, 6.45) is 0. The number of Topliss-reactive ketones (excluding diaryl/α,β-unsaturated/α-hetero) is 1. The smallest absolute Gasteiger partial charge is 0.203 e. The Morgan fingerprint density at radius 3 is 2.44 bits per heavy atom. The molecule has 1 aliphatic heterocycles. The monoisotopic (exact) mass is 210 g/mol. The zero-order valence-corrected chi connectivity index (χ0v) is 8.64. The first-order valence-electron chi connectivity index (χ1n) is 5.21. The van der Waals surface area contributed by atoms with Crippen LogP contribution in [0.2, 0.25) is 0 Å². The Hall–Kier alpha value is -2.09. The second-order valence-electron chi connectivity index (χ2n) is 3.76. The molecule has 0 N–H and O–H groups in total. The first kappa shape index (κ1) is 9.16. The third kappa shape index (κ3) is 1.31. The maximum atomic E-state index is 11.5. The molecular formula is C14H10O2. The Morgan fingerprint density at radius 1 is 0.875 bits per heavy atom. The molecule has 0 radical (unpaired) electrons. The van der Waals surface area contributed by atoms with Crippen molar-refractivity contribution in [2.45, 2.75) is 0 Å². The number of hydrogen-bond donors (Lipinski definition) is 0. The average Bonchev–Trinajstić information content (AvgIpc) is 2.73. The minimum atomic E-state index is 0.0628. The van der Waals surface area contributed by atoms with Crippen molar-refractivity contribution in [3.63, 3.8) is 0 Å². The van der Waals surface area contributed by atoms with Gasteiger partial charge in [0, 0.05) is 5.56 Å². The molecule has 1 heterocycles. The van der Waals surface area contributed by atoms with E-state index in [9.17, 15) is 4.79 Å². The van der Waals surface area contributed by atoms with Crippen LogP contribution in [0.3, 0.4) is 0 Å². The van der Waals surface area contributed by atoms with Crippen LogP contribution in [0.5, 0.6) is 5.75 Å². The van der Waals surface area contributed by atoms with Crippen LogP contribution in [-0.2, 0) is 0 Å². The van der Waals surface area contributed by atoms with Gasteiger partial charge >= 0.3 is 0 Å². The van der Waals surface area contributed by atoms with Crippen LogP contribution >= 0.6 is 0 Å². The molecule has 0 saturated heterocycles. The fourth-order valence-corrected chi connectivity index (χ4v) is 1.97. The van der Waals surface area contributed by atoms with Gasteiger partial charge in [-0.3, -0.25) is 4.79 Å². The number of ketones is 1. The average molecular weight is 210 g/mol. The van der Waals surface area contributed by atoms with Gasteiger partial charge in [-0.2, -0.15) is 0 Å². The highest BCUT2D eigenvalue weighted by Gasteiger charge is 2.23. The summed E-state index contributed by atoms with van der Waals surface area (Å²) in [5.41, 5.74) is 2.76. The van der Waals surface area contributed by atoms with Gasteiger partial charge in [0.15, 0.2) is 6.61 Å². The third-order valence-corrected chi connectivity index (χ3v) is 2.75. The third-order valence-electron chi connectivity index (χ3n) is 2.75. The molecule has 0 spiro atoms. The van der Waals surface area contributed by atoms with Crippen molar-refractivity contribution < 1.29 is 9.53 Å². The number of carbonyl (C=O) groups is 1. The van der Waals surface area contributed by atoms with E-state index in [1.165, 1.54) is 0 Å². The maximum absolute atomic E-state index is 11.5. The quantitative estimate of drug-likeness (QED) is 0.723. The van der Waals surface area contributed by atoms with E-state index in [1.54, 1.807) is 0 Å². The predicted molar refractivity (Wildman–Crippen MR) is 61.7 cm³/mol. The van der Waals surface area contributed by atoms with Crippen molar-refractivity contribution in [2.75, 3.05) is 6.61 Å². The van der Waals surface area contributed by atoms with Crippen molar-refractivity contribution in [1.82, 2.24) is 0 Å². The van der Waals surface area contributed by atoms with Crippen molar-refractivity contribution in [3.8, 4) is 16.9 Å². The summed E-state index contributed by atoms with van der Waals surface area (Å²) in [6, 6.07) is 15.6. The summed E-state index contributed by atoms with van der Waals surface area (Å²) in [7, 11) is 0. The van der Waals surface area contributed by atoms with Crippen molar-refractivity contribution >= 4 is 5.78 Å². The molecule has 2 heteroatoms. The van der Waals surface area contributed by atoms with Crippen LogP contribution in [0.15, 0.2) is 48.5 Å². The van der Waals surface area contributed by atoms with Crippen LogP contribution < -0.4 is 4.74 Å². The summed E-state index contributed by atoms with van der Waals surface area (Å²) in [6.45, 7) is 0.166. The van der Waals surface area contributed by atoms with Gasteiger partial charge in [0.2, 0.25) is 5.78 Å². The van der Waals surface area contributed by atoms with Gasteiger partial charge < -0.3 is 4.74 Å². The molecule has 1 aliphatic rings. The molecule has 0 amide bonds. The first-order chi connectivity index (χ1) is 7.86. The fraction of sp³-hybridized carbons (Fsp3) is 0.0714. The van der Waals surface area contributed by atoms with Gasteiger partial charge in [-0.05, 0) is 11.6 Å². The molecule has 0 bridgehead atoms. The van der Waals surface area contributed by atoms with E-state index in [4.69, 9.17) is 4.74 Å². The number of carbonyl (C=O) groups excluding carboxylic acids is 1. The SMILES string of the molecule is O=C1COc2c1cccc2-c1ccccc1. The maximum Gasteiger partial charge on any atom is 0.203 e. The standard InChI is InChI=1S/C14H10O2/c15-13-9-16-14-11(7-4-8-12(13)14)10-5-2-1-3-6-10/h1-8H,9H2. The first-order valence-corrected chi connectivity index (χ1v) is 5.21. The molecule has 3 rings (SSSR count). The molecule has 16 heavy (non-hydrogen) atoms.